The molecule has 0 amide bonds. The number of rotatable bonds is 8. The summed E-state index contributed by atoms with van der Waals surface area (Å²) in [5.41, 5.74) is 1.97. The Hall–Kier alpha value is -3.19. The highest BCUT2D eigenvalue weighted by Gasteiger charge is 2.07. The largest absolute Gasteiger partial charge is 0.388 e. The number of nitrogens with one attached hydrogen (secondary N) is 2. The first-order chi connectivity index (χ1) is 13.8. The first-order valence-electron chi connectivity index (χ1n) is 9.46. The number of aliphatic hydroxyl groups excluding tert-OH is 1. The van der Waals surface area contributed by atoms with Gasteiger partial charge in [0.1, 0.15) is 0 Å². The first-order valence-corrected chi connectivity index (χ1v) is 9.46. The molecule has 28 heavy (non-hydrogen) atoms. The van der Waals surface area contributed by atoms with Crippen LogP contribution in [-0.4, -0.2) is 38.9 Å². The van der Waals surface area contributed by atoms with Crippen molar-refractivity contribution in [3.05, 3.63) is 78.2 Å². The maximum Gasteiger partial charge on any atom is 0.191 e. The van der Waals surface area contributed by atoms with Gasteiger partial charge >= 0.3 is 0 Å². The lowest BCUT2D eigenvalue weighted by Gasteiger charge is -2.14. The van der Waals surface area contributed by atoms with E-state index in [1.807, 2.05) is 61.7 Å². The van der Waals surface area contributed by atoms with Crippen molar-refractivity contribution in [1.82, 2.24) is 25.4 Å². The van der Waals surface area contributed by atoms with Gasteiger partial charge in [-0.3, -0.25) is 0 Å². The first kappa shape index (κ1) is 19.6. The summed E-state index contributed by atoms with van der Waals surface area (Å²) in [7, 11) is 0. The number of aliphatic imine (C=N–C) groups is 1. The van der Waals surface area contributed by atoms with Gasteiger partial charge < -0.3 is 15.7 Å². The highest BCUT2D eigenvalue weighted by molar-refractivity contribution is 5.79. The van der Waals surface area contributed by atoms with Crippen LogP contribution in [0.1, 0.15) is 30.6 Å². The highest BCUT2D eigenvalue weighted by atomic mass is 16.3. The monoisotopic (exact) mass is 378 g/mol. The second-order valence-electron chi connectivity index (χ2n) is 6.31. The highest BCUT2D eigenvalue weighted by Crippen LogP contribution is 2.14. The fourth-order valence-corrected chi connectivity index (χ4v) is 2.77. The van der Waals surface area contributed by atoms with Gasteiger partial charge in [-0.2, -0.15) is 5.10 Å². The van der Waals surface area contributed by atoms with Gasteiger partial charge in [-0.25, -0.2) is 14.7 Å². The molecule has 0 aliphatic rings. The lowest BCUT2D eigenvalue weighted by molar-refractivity contribution is 0.168. The van der Waals surface area contributed by atoms with Crippen molar-refractivity contribution >= 4 is 5.96 Å². The van der Waals surface area contributed by atoms with Crippen LogP contribution >= 0.6 is 0 Å². The van der Waals surface area contributed by atoms with Crippen LogP contribution in [0.4, 0.5) is 0 Å². The van der Waals surface area contributed by atoms with Gasteiger partial charge in [-0.1, -0.05) is 30.3 Å². The Balaban J connectivity index is 1.56. The molecule has 0 bridgehead atoms. The van der Waals surface area contributed by atoms with Crippen molar-refractivity contribution < 1.29 is 5.11 Å². The fourth-order valence-electron chi connectivity index (χ4n) is 2.77. The van der Waals surface area contributed by atoms with E-state index in [0.717, 1.165) is 29.4 Å². The van der Waals surface area contributed by atoms with Crippen LogP contribution < -0.4 is 10.6 Å². The van der Waals surface area contributed by atoms with Crippen molar-refractivity contribution in [2.24, 2.45) is 4.99 Å². The molecule has 0 radical (unpaired) electrons. The van der Waals surface area contributed by atoms with Crippen LogP contribution in [0.15, 0.2) is 72.1 Å². The van der Waals surface area contributed by atoms with Gasteiger partial charge in [-0.15, -0.1) is 0 Å². The molecule has 1 unspecified atom stereocenters. The molecule has 0 spiro atoms. The van der Waals surface area contributed by atoms with Gasteiger partial charge in [0.2, 0.25) is 0 Å². The summed E-state index contributed by atoms with van der Waals surface area (Å²) < 4.78 is 1.72. The Kier molecular flexibility index (Phi) is 7.14. The zero-order valence-corrected chi connectivity index (χ0v) is 16.0. The normalized spacial score (nSPS) is 12.6. The predicted octanol–water partition coefficient (Wildman–Crippen LogP) is 2.45. The standard InChI is InChI=1S/C21H26N6O/c1-2-22-21(24-13-10-19(28)18-7-4-3-5-8-18)25-16-17-9-12-23-20(15-17)27-14-6-11-26-27/h3-9,11-12,14-15,19,28H,2,10,13,16H2,1H3,(H2,22,24,25). The smallest absolute Gasteiger partial charge is 0.191 e. The molecular weight excluding hydrogens is 352 g/mol. The van der Waals surface area contributed by atoms with E-state index in [2.05, 4.69) is 25.7 Å². The van der Waals surface area contributed by atoms with Crippen molar-refractivity contribution in [3.63, 3.8) is 0 Å². The molecule has 7 nitrogen and oxygen atoms in total. The quantitative estimate of drug-likeness (QED) is 0.414. The van der Waals surface area contributed by atoms with Crippen LogP contribution in [0.2, 0.25) is 0 Å². The minimum absolute atomic E-state index is 0.492. The third kappa shape index (κ3) is 5.65. The lowest BCUT2D eigenvalue weighted by Crippen LogP contribution is -2.38. The summed E-state index contributed by atoms with van der Waals surface area (Å²) in [4.78, 5) is 8.97. The molecule has 2 heterocycles. The van der Waals surface area contributed by atoms with E-state index in [1.165, 1.54) is 0 Å². The Morgan fingerprint density at radius 1 is 1.14 bits per heavy atom. The van der Waals surface area contributed by atoms with Gasteiger partial charge in [0, 0.05) is 31.7 Å². The molecule has 0 saturated carbocycles. The summed E-state index contributed by atoms with van der Waals surface area (Å²) in [5, 5.41) is 21.0. The molecular formula is C21H26N6O. The summed E-state index contributed by atoms with van der Waals surface area (Å²) >= 11 is 0. The van der Waals surface area contributed by atoms with Crippen molar-refractivity contribution in [3.8, 4) is 5.82 Å². The summed E-state index contributed by atoms with van der Waals surface area (Å²) in [6.45, 7) is 3.93. The minimum Gasteiger partial charge on any atom is -0.388 e. The number of benzene rings is 1. The summed E-state index contributed by atoms with van der Waals surface area (Å²) in [6, 6.07) is 15.5. The van der Waals surface area contributed by atoms with Gasteiger partial charge in [0.25, 0.3) is 0 Å². The van der Waals surface area contributed by atoms with E-state index in [9.17, 15) is 5.11 Å². The molecule has 3 aromatic rings. The Morgan fingerprint density at radius 3 is 2.75 bits per heavy atom. The molecule has 0 saturated heterocycles. The molecule has 0 fully saturated rings. The third-order valence-corrected chi connectivity index (χ3v) is 4.21. The molecule has 3 N–H and O–H groups in total. The molecule has 1 atom stereocenters. The number of nitrogens with zero attached hydrogens (tertiary/aromatic N) is 4. The SMILES string of the molecule is CCNC(=NCc1ccnc(-n2cccn2)c1)NCCC(O)c1ccccc1. The Bertz CT molecular complexity index is 864. The predicted molar refractivity (Wildman–Crippen MR) is 110 cm³/mol. The number of pyridine rings is 1. The molecule has 0 aliphatic heterocycles. The molecule has 2 aromatic heterocycles. The van der Waals surface area contributed by atoms with E-state index in [0.29, 0.717) is 19.5 Å². The van der Waals surface area contributed by atoms with Crippen molar-refractivity contribution in [1.29, 1.82) is 0 Å². The second kappa shape index (κ2) is 10.2. The van der Waals surface area contributed by atoms with E-state index in [4.69, 9.17) is 0 Å². The van der Waals surface area contributed by atoms with Crippen LogP contribution in [-0.2, 0) is 6.54 Å². The van der Waals surface area contributed by atoms with E-state index in [-0.39, 0.29) is 0 Å². The Morgan fingerprint density at radius 2 is 2.00 bits per heavy atom. The van der Waals surface area contributed by atoms with Crippen LogP contribution in [0.5, 0.6) is 0 Å². The van der Waals surface area contributed by atoms with E-state index >= 15 is 0 Å². The minimum atomic E-state index is -0.492. The lowest BCUT2D eigenvalue weighted by atomic mass is 10.1. The number of hydrogen-bond acceptors (Lipinski definition) is 4. The average Bonchev–Trinajstić information content (AvgIpc) is 3.28. The second-order valence-corrected chi connectivity index (χ2v) is 6.31. The molecule has 7 heteroatoms. The Labute approximate surface area is 165 Å². The maximum atomic E-state index is 10.3. The van der Waals surface area contributed by atoms with E-state index < -0.39 is 6.10 Å². The zero-order valence-electron chi connectivity index (χ0n) is 16.0. The van der Waals surface area contributed by atoms with E-state index in [1.54, 1.807) is 17.1 Å². The molecule has 146 valence electrons. The number of aliphatic hydroxyl groups is 1. The van der Waals surface area contributed by atoms with Gasteiger partial charge in [0.15, 0.2) is 11.8 Å². The maximum absolute atomic E-state index is 10.3. The number of aromatic nitrogens is 3. The van der Waals surface area contributed by atoms with Gasteiger partial charge in [0.05, 0.1) is 12.6 Å². The zero-order chi connectivity index (χ0) is 19.6. The molecule has 1 aromatic carbocycles. The molecule has 3 rings (SSSR count). The van der Waals surface area contributed by atoms with Crippen LogP contribution in [0.3, 0.4) is 0 Å². The van der Waals surface area contributed by atoms with Crippen molar-refractivity contribution in [2.45, 2.75) is 26.0 Å². The number of hydrogen-bond donors (Lipinski definition) is 3. The fraction of sp³-hybridized carbons (Fsp3) is 0.286. The van der Waals surface area contributed by atoms with Crippen LogP contribution in [0, 0.1) is 0 Å². The number of guanidine groups is 1. The summed E-state index contributed by atoms with van der Waals surface area (Å²) in [5.74, 6) is 1.49. The third-order valence-electron chi connectivity index (χ3n) is 4.21. The van der Waals surface area contributed by atoms with Crippen molar-refractivity contribution in [2.75, 3.05) is 13.1 Å². The topological polar surface area (TPSA) is 87.4 Å². The average molecular weight is 378 g/mol. The summed E-state index contributed by atoms with van der Waals surface area (Å²) in [6.07, 6.45) is 5.46. The molecule has 0 aliphatic carbocycles. The van der Waals surface area contributed by atoms with Crippen LogP contribution in [0.25, 0.3) is 5.82 Å². The van der Waals surface area contributed by atoms with Gasteiger partial charge in [-0.05, 0) is 42.7 Å².